The predicted octanol–water partition coefficient (Wildman–Crippen LogP) is 4.01. The van der Waals surface area contributed by atoms with Gasteiger partial charge in [-0.2, -0.15) is 0 Å². The number of aryl methyl sites for hydroxylation is 1. The molecule has 0 aromatic heterocycles. The number of ether oxygens (including phenoxy) is 2. The molecule has 2 atom stereocenters. The summed E-state index contributed by atoms with van der Waals surface area (Å²) in [6.07, 6.45) is 1.36. The van der Waals surface area contributed by atoms with E-state index in [4.69, 9.17) is 9.47 Å². The largest absolute Gasteiger partial charge is 0.493 e. The molecule has 5 nitrogen and oxygen atoms in total. The Labute approximate surface area is 170 Å². The van der Waals surface area contributed by atoms with E-state index in [2.05, 4.69) is 19.9 Å². The van der Waals surface area contributed by atoms with Crippen molar-refractivity contribution in [1.29, 1.82) is 0 Å². The Morgan fingerprint density at radius 3 is 2.66 bits per heavy atom. The molecular formula is C24H26O5. The summed E-state index contributed by atoms with van der Waals surface area (Å²) < 4.78 is 10.5. The summed E-state index contributed by atoms with van der Waals surface area (Å²) in [5.41, 5.74) is 3.92. The van der Waals surface area contributed by atoms with Crippen molar-refractivity contribution in [3.63, 3.8) is 0 Å². The van der Waals surface area contributed by atoms with E-state index in [-0.39, 0.29) is 11.2 Å². The molecule has 2 unspecified atom stereocenters. The molecule has 4 rings (SSSR count). The molecule has 1 N–H and O–H groups in total. The third kappa shape index (κ3) is 3.44. The standard InChI is InChI=1S/C24H26O5/c1-24(2)10-11-29-20-13-18-16(12-19(20)24)8-9-17(22(18)26)21(25)14-4-6-15(7-5-14)23(27)28-3/h4-7,12-13,17,21,25H,8-11H2,1-3H3. The van der Waals surface area contributed by atoms with Gasteiger partial charge < -0.3 is 14.6 Å². The third-order valence-electron chi connectivity index (χ3n) is 6.30. The van der Waals surface area contributed by atoms with Crippen LogP contribution in [0.3, 0.4) is 0 Å². The van der Waals surface area contributed by atoms with E-state index in [1.54, 1.807) is 24.3 Å². The van der Waals surface area contributed by atoms with Crippen LogP contribution in [0.2, 0.25) is 0 Å². The number of benzene rings is 2. The summed E-state index contributed by atoms with van der Waals surface area (Å²) in [6.45, 7) is 5.05. The van der Waals surface area contributed by atoms with Crippen LogP contribution >= 0.6 is 0 Å². The number of rotatable bonds is 3. The van der Waals surface area contributed by atoms with Gasteiger partial charge in [0.1, 0.15) is 5.75 Å². The highest BCUT2D eigenvalue weighted by molar-refractivity contribution is 6.01. The number of hydrogen-bond acceptors (Lipinski definition) is 5. The van der Waals surface area contributed by atoms with Crippen molar-refractivity contribution < 1.29 is 24.2 Å². The number of fused-ring (bicyclic) bond motifs is 2. The molecule has 29 heavy (non-hydrogen) atoms. The van der Waals surface area contributed by atoms with Crippen molar-refractivity contribution in [3.05, 3.63) is 64.2 Å². The van der Waals surface area contributed by atoms with Gasteiger partial charge >= 0.3 is 5.97 Å². The zero-order valence-electron chi connectivity index (χ0n) is 17.0. The van der Waals surface area contributed by atoms with Crippen molar-refractivity contribution in [2.45, 2.75) is 44.6 Å². The van der Waals surface area contributed by atoms with Crippen LogP contribution in [-0.2, 0) is 16.6 Å². The second-order valence-electron chi connectivity index (χ2n) is 8.56. The van der Waals surface area contributed by atoms with Crippen molar-refractivity contribution >= 4 is 11.8 Å². The van der Waals surface area contributed by atoms with E-state index in [0.29, 0.717) is 29.7 Å². The van der Waals surface area contributed by atoms with Gasteiger partial charge in [-0.15, -0.1) is 0 Å². The van der Waals surface area contributed by atoms with Crippen LogP contribution in [0, 0.1) is 5.92 Å². The van der Waals surface area contributed by atoms with Gasteiger partial charge in [0.15, 0.2) is 5.78 Å². The maximum atomic E-state index is 13.2. The van der Waals surface area contributed by atoms with Crippen LogP contribution < -0.4 is 4.74 Å². The smallest absolute Gasteiger partial charge is 0.337 e. The highest BCUT2D eigenvalue weighted by Gasteiger charge is 2.37. The maximum Gasteiger partial charge on any atom is 0.337 e. The summed E-state index contributed by atoms with van der Waals surface area (Å²) in [4.78, 5) is 24.8. The summed E-state index contributed by atoms with van der Waals surface area (Å²) in [7, 11) is 1.33. The van der Waals surface area contributed by atoms with Gasteiger partial charge in [-0.05, 0) is 54.0 Å². The van der Waals surface area contributed by atoms with Crippen LogP contribution in [0.1, 0.15) is 70.2 Å². The molecule has 0 saturated heterocycles. The first kappa shape index (κ1) is 19.6. The number of esters is 1. The van der Waals surface area contributed by atoms with E-state index >= 15 is 0 Å². The molecule has 0 saturated carbocycles. The van der Waals surface area contributed by atoms with E-state index in [1.807, 2.05) is 6.07 Å². The minimum Gasteiger partial charge on any atom is -0.493 e. The van der Waals surface area contributed by atoms with Gasteiger partial charge in [0.25, 0.3) is 0 Å². The van der Waals surface area contributed by atoms with Gasteiger partial charge in [-0.25, -0.2) is 4.79 Å². The summed E-state index contributed by atoms with van der Waals surface area (Å²) in [6, 6.07) is 10.6. The number of Topliss-reactive ketones (excluding diaryl/α,β-unsaturated/α-hetero) is 1. The van der Waals surface area contributed by atoms with Crippen LogP contribution in [0.15, 0.2) is 36.4 Å². The Kier molecular flexibility index (Phi) is 4.95. The number of methoxy groups -OCH3 is 1. The van der Waals surface area contributed by atoms with E-state index in [1.165, 1.54) is 7.11 Å². The first-order valence-corrected chi connectivity index (χ1v) is 10.0. The zero-order valence-corrected chi connectivity index (χ0v) is 17.0. The first-order valence-electron chi connectivity index (χ1n) is 10.0. The van der Waals surface area contributed by atoms with Crippen molar-refractivity contribution in [2.24, 2.45) is 5.92 Å². The fourth-order valence-electron chi connectivity index (χ4n) is 4.37. The number of hydrogen-bond donors (Lipinski definition) is 1. The molecular weight excluding hydrogens is 368 g/mol. The van der Waals surface area contributed by atoms with E-state index in [9.17, 15) is 14.7 Å². The molecule has 0 bridgehead atoms. The van der Waals surface area contributed by atoms with Crippen LogP contribution in [-0.4, -0.2) is 30.6 Å². The average Bonchev–Trinajstić information content (AvgIpc) is 2.72. The van der Waals surface area contributed by atoms with Gasteiger partial charge in [-0.1, -0.05) is 32.0 Å². The van der Waals surface area contributed by atoms with Crippen molar-refractivity contribution in [3.8, 4) is 5.75 Å². The second-order valence-corrected chi connectivity index (χ2v) is 8.56. The van der Waals surface area contributed by atoms with Gasteiger partial charge in [0, 0.05) is 11.1 Å². The van der Waals surface area contributed by atoms with E-state index < -0.39 is 18.0 Å². The molecule has 1 aliphatic carbocycles. The minimum absolute atomic E-state index is 0.0312. The molecule has 152 valence electrons. The molecule has 1 heterocycles. The lowest BCUT2D eigenvalue weighted by Crippen LogP contribution is -2.31. The van der Waals surface area contributed by atoms with Crippen LogP contribution in [0.25, 0.3) is 0 Å². The molecule has 2 aromatic rings. The zero-order chi connectivity index (χ0) is 20.8. The number of carbonyl (C=O) groups excluding carboxylic acids is 2. The van der Waals surface area contributed by atoms with Gasteiger partial charge in [0.05, 0.1) is 31.3 Å². The third-order valence-corrected chi connectivity index (χ3v) is 6.30. The number of aliphatic hydroxyl groups excluding tert-OH is 1. The normalized spacial score (nSPS) is 20.8. The molecule has 0 amide bonds. The Morgan fingerprint density at radius 2 is 1.97 bits per heavy atom. The number of aliphatic hydroxyl groups is 1. The minimum atomic E-state index is -0.921. The quantitative estimate of drug-likeness (QED) is 0.797. The first-order chi connectivity index (χ1) is 13.8. The monoisotopic (exact) mass is 394 g/mol. The Balaban J connectivity index is 1.61. The molecule has 0 radical (unpaired) electrons. The van der Waals surface area contributed by atoms with Gasteiger partial charge in [-0.3, -0.25) is 4.79 Å². The van der Waals surface area contributed by atoms with Crippen molar-refractivity contribution in [2.75, 3.05) is 13.7 Å². The SMILES string of the molecule is COC(=O)c1ccc(C(O)C2CCc3cc4c(cc3C2=O)OCCC4(C)C)cc1. The fourth-order valence-corrected chi connectivity index (χ4v) is 4.37. The summed E-state index contributed by atoms with van der Waals surface area (Å²) in [5, 5.41) is 10.9. The lowest BCUT2D eigenvalue weighted by molar-refractivity contribution is 0.0594. The predicted molar refractivity (Wildman–Crippen MR) is 108 cm³/mol. The van der Waals surface area contributed by atoms with E-state index in [0.717, 1.165) is 29.7 Å². The van der Waals surface area contributed by atoms with Gasteiger partial charge in [0.2, 0.25) is 0 Å². The topological polar surface area (TPSA) is 72.8 Å². The Hall–Kier alpha value is -2.66. The number of ketones is 1. The molecule has 1 aliphatic heterocycles. The van der Waals surface area contributed by atoms with Crippen LogP contribution in [0.5, 0.6) is 5.75 Å². The molecule has 0 fully saturated rings. The van der Waals surface area contributed by atoms with Crippen molar-refractivity contribution in [1.82, 2.24) is 0 Å². The summed E-state index contributed by atoms with van der Waals surface area (Å²) >= 11 is 0. The molecule has 0 spiro atoms. The lowest BCUT2D eigenvalue weighted by Gasteiger charge is -2.35. The maximum absolute atomic E-state index is 13.2. The molecule has 5 heteroatoms. The highest BCUT2D eigenvalue weighted by Crippen LogP contribution is 2.43. The molecule has 2 aliphatic rings. The fraction of sp³-hybridized carbons (Fsp3) is 0.417. The Bertz CT molecular complexity index is 958. The summed E-state index contributed by atoms with van der Waals surface area (Å²) in [5.74, 6) is -0.209. The lowest BCUT2D eigenvalue weighted by atomic mass is 9.74. The molecule has 2 aromatic carbocycles. The number of carbonyl (C=O) groups is 2. The highest BCUT2D eigenvalue weighted by atomic mass is 16.5. The second kappa shape index (κ2) is 7.30. The average molecular weight is 394 g/mol. The van der Waals surface area contributed by atoms with Crippen LogP contribution in [0.4, 0.5) is 0 Å². The Morgan fingerprint density at radius 1 is 1.24 bits per heavy atom.